The Kier molecular flexibility index (Phi) is 4.16. The summed E-state index contributed by atoms with van der Waals surface area (Å²) in [7, 11) is 0. The molecular weight excluding hydrogens is 364 g/mol. The summed E-state index contributed by atoms with van der Waals surface area (Å²) < 4.78 is 0. The number of anilines is 2. The Labute approximate surface area is 161 Å². The quantitative estimate of drug-likeness (QED) is 0.557. The maximum absolute atomic E-state index is 13.3. The lowest BCUT2D eigenvalue weighted by molar-refractivity contribution is 0.0975. The third kappa shape index (κ3) is 2.96. The summed E-state index contributed by atoms with van der Waals surface area (Å²) in [5.41, 5.74) is 3.60. The Balaban J connectivity index is 1.89. The van der Waals surface area contributed by atoms with Crippen LogP contribution in [0.15, 0.2) is 60.7 Å². The summed E-state index contributed by atoms with van der Waals surface area (Å²) in [6, 6.07) is 17.8. The highest BCUT2D eigenvalue weighted by Gasteiger charge is 2.34. The van der Waals surface area contributed by atoms with Crippen LogP contribution in [0, 0.1) is 6.92 Å². The van der Waals surface area contributed by atoms with Crippen LogP contribution in [-0.2, 0) is 0 Å². The topological polar surface area (TPSA) is 72.8 Å². The highest BCUT2D eigenvalue weighted by atomic mass is 35.5. The molecule has 27 heavy (non-hydrogen) atoms. The predicted octanol–water partition coefficient (Wildman–Crippen LogP) is 4.83. The molecule has 0 bridgehead atoms. The average Bonchev–Trinajstić information content (AvgIpc) is 2.66. The average molecular weight is 381 g/mol. The second kappa shape index (κ2) is 6.52. The molecular formula is C21H17ClN2O3. The highest BCUT2D eigenvalue weighted by molar-refractivity contribution is 6.32. The predicted molar refractivity (Wildman–Crippen MR) is 106 cm³/mol. The number of rotatable bonds is 2. The minimum atomic E-state index is -0.598. The minimum Gasteiger partial charge on any atom is -0.504 e. The third-order valence-electron chi connectivity index (χ3n) is 4.62. The number of carbonyl (C=O) groups is 1. The second-order valence-corrected chi connectivity index (χ2v) is 6.88. The van der Waals surface area contributed by atoms with Gasteiger partial charge in [-0.05, 0) is 43.3 Å². The van der Waals surface area contributed by atoms with Gasteiger partial charge in [-0.2, -0.15) is 0 Å². The number of aromatic hydroxyl groups is 2. The van der Waals surface area contributed by atoms with Crippen molar-refractivity contribution >= 4 is 28.9 Å². The van der Waals surface area contributed by atoms with Gasteiger partial charge in [0.2, 0.25) is 0 Å². The molecule has 1 heterocycles. The van der Waals surface area contributed by atoms with Gasteiger partial charge in [-0.25, -0.2) is 0 Å². The lowest BCUT2D eigenvalue weighted by atomic mass is 10.0. The number of nitrogens with zero attached hydrogens (tertiary/aromatic N) is 1. The van der Waals surface area contributed by atoms with E-state index in [1.165, 1.54) is 12.1 Å². The number of halogens is 1. The first-order chi connectivity index (χ1) is 13.0. The summed E-state index contributed by atoms with van der Waals surface area (Å²) in [6.45, 7) is 1.98. The molecule has 0 aromatic heterocycles. The van der Waals surface area contributed by atoms with E-state index in [1.807, 2.05) is 49.4 Å². The monoisotopic (exact) mass is 380 g/mol. The van der Waals surface area contributed by atoms with Gasteiger partial charge in [0.25, 0.3) is 5.91 Å². The fourth-order valence-electron chi connectivity index (χ4n) is 3.22. The number of benzene rings is 3. The van der Waals surface area contributed by atoms with Crippen LogP contribution >= 0.6 is 11.6 Å². The number of phenolic OH excluding ortho intramolecular Hbond substituents is 2. The first-order valence-electron chi connectivity index (χ1n) is 8.43. The van der Waals surface area contributed by atoms with Crippen LogP contribution in [0.2, 0.25) is 5.02 Å². The molecule has 1 amide bonds. The van der Waals surface area contributed by atoms with Gasteiger partial charge in [-0.15, -0.1) is 0 Å². The largest absolute Gasteiger partial charge is 0.504 e. The number of amides is 1. The Morgan fingerprint density at radius 1 is 1.04 bits per heavy atom. The first kappa shape index (κ1) is 17.2. The Morgan fingerprint density at radius 2 is 1.74 bits per heavy atom. The van der Waals surface area contributed by atoms with Crippen molar-refractivity contribution in [1.29, 1.82) is 0 Å². The van der Waals surface area contributed by atoms with E-state index < -0.39 is 6.17 Å². The molecule has 1 aliphatic rings. The number of phenols is 2. The molecule has 0 saturated carbocycles. The molecule has 0 spiro atoms. The summed E-state index contributed by atoms with van der Waals surface area (Å²) in [4.78, 5) is 14.9. The van der Waals surface area contributed by atoms with Crippen LogP contribution in [0.25, 0.3) is 0 Å². The van der Waals surface area contributed by atoms with E-state index in [1.54, 1.807) is 11.0 Å². The SMILES string of the molecule is Cc1ccc(N2C(=O)c3ccccc3N[C@@H]2c2cc(O)c(O)c(Cl)c2)cc1. The molecule has 0 radical (unpaired) electrons. The van der Waals surface area contributed by atoms with E-state index in [2.05, 4.69) is 5.32 Å². The van der Waals surface area contributed by atoms with Crippen molar-refractivity contribution in [3.05, 3.63) is 82.4 Å². The normalized spacial score (nSPS) is 16.0. The van der Waals surface area contributed by atoms with Crippen LogP contribution in [0.1, 0.15) is 27.7 Å². The standard InChI is InChI=1S/C21H17ClN2O3/c1-12-6-8-14(9-7-12)24-20(13-10-16(22)19(26)18(25)11-13)23-17-5-3-2-4-15(17)21(24)27/h2-11,20,23,25-26H,1H3/t20-/m0/s1. The van der Waals surface area contributed by atoms with Gasteiger partial charge in [0.15, 0.2) is 11.5 Å². The van der Waals surface area contributed by atoms with Gasteiger partial charge in [0.1, 0.15) is 6.17 Å². The second-order valence-electron chi connectivity index (χ2n) is 6.47. The maximum Gasteiger partial charge on any atom is 0.262 e. The van der Waals surface area contributed by atoms with Crippen molar-refractivity contribution < 1.29 is 15.0 Å². The van der Waals surface area contributed by atoms with Gasteiger partial charge >= 0.3 is 0 Å². The zero-order chi connectivity index (χ0) is 19.1. The molecule has 1 aliphatic heterocycles. The number of para-hydroxylation sites is 1. The lowest BCUT2D eigenvalue weighted by Gasteiger charge is -2.38. The number of aryl methyl sites for hydroxylation is 1. The Morgan fingerprint density at radius 3 is 2.44 bits per heavy atom. The van der Waals surface area contributed by atoms with Crippen LogP contribution < -0.4 is 10.2 Å². The lowest BCUT2D eigenvalue weighted by Crippen LogP contribution is -2.43. The van der Waals surface area contributed by atoms with Crippen molar-refractivity contribution in [1.82, 2.24) is 0 Å². The highest BCUT2D eigenvalue weighted by Crippen LogP contribution is 2.41. The molecule has 5 nitrogen and oxygen atoms in total. The van der Waals surface area contributed by atoms with Gasteiger partial charge in [0, 0.05) is 16.9 Å². The molecule has 3 aromatic rings. The molecule has 1 atom stereocenters. The molecule has 3 aromatic carbocycles. The van der Waals surface area contributed by atoms with Crippen LogP contribution in [0.4, 0.5) is 11.4 Å². The zero-order valence-electron chi connectivity index (χ0n) is 14.5. The van der Waals surface area contributed by atoms with Crippen molar-refractivity contribution in [2.45, 2.75) is 13.1 Å². The number of hydrogen-bond donors (Lipinski definition) is 3. The van der Waals surface area contributed by atoms with E-state index in [0.717, 1.165) is 5.56 Å². The number of nitrogens with one attached hydrogen (secondary N) is 1. The van der Waals surface area contributed by atoms with E-state index in [-0.39, 0.29) is 22.4 Å². The van der Waals surface area contributed by atoms with Gasteiger partial charge < -0.3 is 15.5 Å². The molecule has 0 aliphatic carbocycles. The Bertz CT molecular complexity index is 1010. The van der Waals surface area contributed by atoms with Crippen molar-refractivity contribution in [2.75, 3.05) is 10.2 Å². The van der Waals surface area contributed by atoms with E-state index in [4.69, 9.17) is 11.6 Å². The summed E-state index contributed by atoms with van der Waals surface area (Å²) in [6.07, 6.45) is -0.598. The van der Waals surface area contributed by atoms with E-state index in [0.29, 0.717) is 22.5 Å². The van der Waals surface area contributed by atoms with Crippen LogP contribution in [0.3, 0.4) is 0 Å². The van der Waals surface area contributed by atoms with Crippen LogP contribution in [-0.4, -0.2) is 16.1 Å². The molecule has 4 rings (SSSR count). The minimum absolute atomic E-state index is 0.0157. The number of hydrogen-bond acceptors (Lipinski definition) is 4. The Hall–Kier alpha value is -3.18. The molecule has 0 saturated heterocycles. The molecule has 6 heteroatoms. The summed E-state index contributed by atoms with van der Waals surface area (Å²) in [5, 5.41) is 23.1. The third-order valence-corrected chi connectivity index (χ3v) is 4.91. The van der Waals surface area contributed by atoms with E-state index in [9.17, 15) is 15.0 Å². The number of carbonyl (C=O) groups excluding carboxylic acids is 1. The molecule has 0 unspecified atom stereocenters. The summed E-state index contributed by atoms with van der Waals surface area (Å²) >= 11 is 6.05. The first-order valence-corrected chi connectivity index (χ1v) is 8.80. The molecule has 0 fully saturated rings. The zero-order valence-corrected chi connectivity index (χ0v) is 15.2. The fraction of sp³-hybridized carbons (Fsp3) is 0.0952. The smallest absolute Gasteiger partial charge is 0.262 e. The van der Waals surface area contributed by atoms with Gasteiger partial charge in [-0.3, -0.25) is 9.69 Å². The number of fused-ring (bicyclic) bond motifs is 1. The van der Waals surface area contributed by atoms with Gasteiger partial charge in [0.05, 0.1) is 10.6 Å². The molecule has 3 N–H and O–H groups in total. The fourth-order valence-corrected chi connectivity index (χ4v) is 3.44. The van der Waals surface area contributed by atoms with E-state index >= 15 is 0 Å². The summed E-state index contributed by atoms with van der Waals surface area (Å²) in [5.74, 6) is -0.888. The van der Waals surface area contributed by atoms with Crippen LogP contribution in [0.5, 0.6) is 11.5 Å². The van der Waals surface area contributed by atoms with Crippen molar-refractivity contribution in [3.8, 4) is 11.5 Å². The van der Waals surface area contributed by atoms with Crippen molar-refractivity contribution in [2.24, 2.45) is 0 Å². The van der Waals surface area contributed by atoms with Crippen molar-refractivity contribution in [3.63, 3.8) is 0 Å². The molecule has 136 valence electrons. The van der Waals surface area contributed by atoms with Gasteiger partial charge in [-0.1, -0.05) is 41.4 Å². The maximum atomic E-state index is 13.3.